The van der Waals surface area contributed by atoms with Crippen molar-refractivity contribution in [3.05, 3.63) is 89.0 Å². The summed E-state index contributed by atoms with van der Waals surface area (Å²) in [6.07, 6.45) is 3.12. The highest BCUT2D eigenvalue weighted by Gasteiger charge is 2.37. The minimum Gasteiger partial charge on any atom is -0.394 e. The molecule has 2 atom stereocenters. The quantitative estimate of drug-likeness (QED) is 0.320. The first-order valence-corrected chi connectivity index (χ1v) is 12.5. The number of aliphatic hydroxyl groups excluding tert-OH is 1. The third-order valence-electron chi connectivity index (χ3n) is 6.83. The molecule has 2 amide bonds. The van der Waals surface area contributed by atoms with E-state index < -0.39 is 29.7 Å². The van der Waals surface area contributed by atoms with Gasteiger partial charge in [-0.3, -0.25) is 14.3 Å². The van der Waals surface area contributed by atoms with E-state index in [0.717, 1.165) is 11.1 Å². The Morgan fingerprint density at radius 3 is 2.72 bits per heavy atom. The molecule has 1 aliphatic rings. The van der Waals surface area contributed by atoms with Gasteiger partial charge in [0.25, 0.3) is 5.91 Å². The van der Waals surface area contributed by atoms with Crippen molar-refractivity contribution in [3.8, 4) is 11.3 Å². The number of amides is 2. The van der Waals surface area contributed by atoms with Crippen LogP contribution < -0.4 is 10.6 Å². The molecule has 5 rings (SSSR count). The molecule has 0 spiro atoms. The molecule has 3 N–H and O–H groups in total. The Morgan fingerprint density at radius 1 is 1.18 bits per heavy atom. The summed E-state index contributed by atoms with van der Waals surface area (Å²) < 4.78 is 17.4. The number of nitrogens with zero attached hydrogens (tertiary/aromatic N) is 5. The molecule has 2 aromatic carbocycles. The molecule has 0 saturated heterocycles. The summed E-state index contributed by atoms with van der Waals surface area (Å²) in [5.74, 6) is -0.818. The second kappa shape index (κ2) is 10.6. The lowest BCUT2D eigenvalue weighted by Gasteiger charge is -2.26. The molecule has 200 valence electrons. The summed E-state index contributed by atoms with van der Waals surface area (Å²) in [6.45, 7) is 3.30. The lowest BCUT2D eigenvalue weighted by atomic mass is 10.0. The maximum absolute atomic E-state index is 15.8. The number of benzene rings is 2. The number of rotatable bonds is 8. The van der Waals surface area contributed by atoms with E-state index in [2.05, 4.69) is 25.7 Å². The minimum atomic E-state index is -0.889. The topological polar surface area (TPSA) is 125 Å². The van der Waals surface area contributed by atoms with Gasteiger partial charge in [-0.15, -0.1) is 0 Å². The first-order valence-electron chi connectivity index (χ1n) is 12.5. The van der Waals surface area contributed by atoms with E-state index in [4.69, 9.17) is 0 Å². The number of anilines is 2. The van der Waals surface area contributed by atoms with E-state index in [0.29, 0.717) is 17.1 Å². The second-order valence-corrected chi connectivity index (χ2v) is 9.46. The van der Waals surface area contributed by atoms with Gasteiger partial charge in [0.05, 0.1) is 30.1 Å². The fourth-order valence-electron chi connectivity index (χ4n) is 4.62. The summed E-state index contributed by atoms with van der Waals surface area (Å²) in [5, 5.41) is 19.8. The fourth-order valence-corrected chi connectivity index (χ4v) is 4.62. The standard InChI is InChI=1S/C28H28FN7O3/c1-16-5-4-6-18(13-16)22(15-37)32-26(38)17(2)36-14-19-7-8-20(25(29)24(19)27(36)39)21-9-11-30-28(33-21)34-23-10-12-31-35(23)3/h4-13,17,22,37H,14-15H2,1-3H3,(H,32,38)(H,30,33,34)/t17?,22-/m1/s1. The molecule has 10 nitrogen and oxygen atoms in total. The molecule has 3 heterocycles. The maximum atomic E-state index is 15.8. The zero-order valence-corrected chi connectivity index (χ0v) is 21.7. The van der Waals surface area contributed by atoms with Gasteiger partial charge in [0.1, 0.15) is 17.7 Å². The predicted octanol–water partition coefficient (Wildman–Crippen LogP) is 3.26. The molecule has 11 heteroatoms. The number of aryl methyl sites for hydroxylation is 2. The molecular weight excluding hydrogens is 501 g/mol. The van der Waals surface area contributed by atoms with Gasteiger partial charge >= 0.3 is 0 Å². The Balaban J connectivity index is 1.35. The molecule has 4 aromatic rings. The largest absolute Gasteiger partial charge is 0.394 e. The summed E-state index contributed by atoms with van der Waals surface area (Å²) in [6, 6.07) is 12.5. The van der Waals surface area contributed by atoms with Gasteiger partial charge in [0.2, 0.25) is 11.9 Å². The van der Waals surface area contributed by atoms with Crippen molar-refractivity contribution in [1.29, 1.82) is 0 Å². The predicted molar refractivity (Wildman–Crippen MR) is 142 cm³/mol. The molecule has 1 aliphatic heterocycles. The normalized spacial score (nSPS) is 14.2. The van der Waals surface area contributed by atoms with Crippen LogP contribution in [0.3, 0.4) is 0 Å². The van der Waals surface area contributed by atoms with Crippen molar-refractivity contribution in [1.82, 2.24) is 30.0 Å². The van der Waals surface area contributed by atoms with E-state index in [1.165, 1.54) is 11.1 Å². The number of halogens is 1. The molecule has 0 bridgehead atoms. The van der Waals surface area contributed by atoms with Gasteiger partial charge in [-0.05, 0) is 37.1 Å². The highest BCUT2D eigenvalue weighted by Crippen LogP contribution is 2.33. The van der Waals surface area contributed by atoms with Crippen LogP contribution in [0.4, 0.5) is 16.2 Å². The third kappa shape index (κ3) is 5.08. The number of fused-ring (bicyclic) bond motifs is 1. The van der Waals surface area contributed by atoms with Crippen LogP contribution in [-0.4, -0.2) is 54.2 Å². The number of hydrogen-bond donors (Lipinski definition) is 3. The SMILES string of the molecule is Cc1cccc([C@@H](CO)NC(=O)C(C)N2Cc3ccc(-c4ccnc(Nc5ccnn5C)n4)c(F)c3C2=O)c1. The summed E-state index contributed by atoms with van der Waals surface area (Å²) in [4.78, 5) is 36.3. The van der Waals surface area contributed by atoms with Crippen molar-refractivity contribution in [3.63, 3.8) is 0 Å². The zero-order valence-electron chi connectivity index (χ0n) is 21.7. The highest BCUT2D eigenvalue weighted by atomic mass is 19.1. The molecule has 0 radical (unpaired) electrons. The van der Waals surface area contributed by atoms with E-state index >= 15 is 4.39 Å². The Labute approximate surface area is 224 Å². The first kappa shape index (κ1) is 26.0. The van der Waals surface area contributed by atoms with Gasteiger partial charge in [-0.1, -0.05) is 35.9 Å². The molecule has 0 aliphatic carbocycles. The highest BCUT2D eigenvalue weighted by molar-refractivity contribution is 6.02. The summed E-state index contributed by atoms with van der Waals surface area (Å²) in [7, 11) is 1.76. The molecule has 2 aromatic heterocycles. The molecular formula is C28H28FN7O3. The first-order chi connectivity index (χ1) is 18.8. The average molecular weight is 530 g/mol. The average Bonchev–Trinajstić information content (AvgIpc) is 3.49. The van der Waals surface area contributed by atoms with Crippen LogP contribution in [0, 0.1) is 12.7 Å². The van der Waals surface area contributed by atoms with Gasteiger partial charge in [0.15, 0.2) is 0 Å². The van der Waals surface area contributed by atoms with Crippen molar-refractivity contribution in [2.45, 2.75) is 32.5 Å². The molecule has 1 unspecified atom stereocenters. The molecule has 39 heavy (non-hydrogen) atoms. The smallest absolute Gasteiger partial charge is 0.258 e. The fraction of sp³-hybridized carbons (Fsp3) is 0.250. The second-order valence-electron chi connectivity index (χ2n) is 9.46. The van der Waals surface area contributed by atoms with Crippen molar-refractivity contribution >= 4 is 23.6 Å². The van der Waals surface area contributed by atoms with E-state index in [1.807, 2.05) is 31.2 Å². The van der Waals surface area contributed by atoms with Gasteiger partial charge in [-0.2, -0.15) is 5.10 Å². The Morgan fingerprint density at radius 2 is 2.00 bits per heavy atom. The van der Waals surface area contributed by atoms with E-state index in [1.54, 1.807) is 49.1 Å². The van der Waals surface area contributed by atoms with Gasteiger partial charge in [0, 0.05) is 31.4 Å². The summed E-state index contributed by atoms with van der Waals surface area (Å²) in [5.41, 5.74) is 2.61. The number of aromatic nitrogens is 4. The van der Waals surface area contributed by atoms with Crippen LogP contribution in [-0.2, 0) is 18.4 Å². The van der Waals surface area contributed by atoms with Crippen LogP contribution in [0.5, 0.6) is 0 Å². The van der Waals surface area contributed by atoms with E-state index in [9.17, 15) is 14.7 Å². The van der Waals surface area contributed by atoms with Crippen LogP contribution in [0.1, 0.15) is 40.0 Å². The van der Waals surface area contributed by atoms with Crippen LogP contribution in [0.25, 0.3) is 11.3 Å². The minimum absolute atomic E-state index is 0.0794. The number of nitrogens with one attached hydrogen (secondary N) is 2. The maximum Gasteiger partial charge on any atom is 0.258 e. The zero-order chi connectivity index (χ0) is 27.7. The Hall–Kier alpha value is -4.64. The number of carbonyl (C=O) groups excluding carboxylic acids is 2. The lowest BCUT2D eigenvalue weighted by molar-refractivity contribution is -0.126. The number of hydrogen-bond acceptors (Lipinski definition) is 7. The van der Waals surface area contributed by atoms with Crippen LogP contribution in [0.2, 0.25) is 0 Å². The number of carbonyl (C=O) groups is 2. The third-order valence-corrected chi connectivity index (χ3v) is 6.83. The number of aliphatic hydroxyl groups is 1. The van der Waals surface area contributed by atoms with Crippen LogP contribution >= 0.6 is 0 Å². The van der Waals surface area contributed by atoms with E-state index in [-0.39, 0.29) is 30.2 Å². The van der Waals surface area contributed by atoms with Crippen molar-refractivity contribution in [2.75, 3.05) is 11.9 Å². The van der Waals surface area contributed by atoms with Crippen molar-refractivity contribution in [2.24, 2.45) is 7.05 Å². The Bertz CT molecular complexity index is 1550. The molecule has 0 fully saturated rings. The van der Waals surface area contributed by atoms with Gasteiger partial charge in [-0.25, -0.2) is 14.4 Å². The monoisotopic (exact) mass is 529 g/mol. The summed E-state index contributed by atoms with van der Waals surface area (Å²) >= 11 is 0. The van der Waals surface area contributed by atoms with Crippen LogP contribution in [0.15, 0.2) is 60.9 Å². The van der Waals surface area contributed by atoms with Gasteiger partial charge < -0.3 is 20.6 Å². The van der Waals surface area contributed by atoms with Crippen molar-refractivity contribution < 1.29 is 19.1 Å². The lowest BCUT2D eigenvalue weighted by Crippen LogP contribution is -2.46. The molecule has 0 saturated carbocycles. The Kier molecular flexibility index (Phi) is 7.07.